The first-order chi connectivity index (χ1) is 8.28. The van der Waals surface area contributed by atoms with E-state index >= 15 is 0 Å². The van der Waals surface area contributed by atoms with Gasteiger partial charge in [-0.3, -0.25) is 0 Å². The van der Waals surface area contributed by atoms with Crippen molar-refractivity contribution in [3.63, 3.8) is 0 Å². The molecule has 1 heterocycles. The summed E-state index contributed by atoms with van der Waals surface area (Å²) >= 11 is 1.37. The van der Waals surface area contributed by atoms with E-state index in [1.54, 1.807) is 32.9 Å². The molecule has 0 aliphatic heterocycles. The van der Waals surface area contributed by atoms with E-state index < -0.39 is 23.7 Å². The molecule has 0 saturated heterocycles. The molecule has 0 unspecified atom stereocenters. The number of thiophene rings is 1. The maximum absolute atomic E-state index is 11.6. The van der Waals surface area contributed by atoms with Crippen LogP contribution >= 0.6 is 11.3 Å². The average molecular weight is 270 g/mol. The Morgan fingerprint density at radius 3 is 2.61 bits per heavy atom. The van der Waals surface area contributed by atoms with E-state index in [1.807, 2.05) is 5.38 Å². The Hall–Kier alpha value is -1.56. The smallest absolute Gasteiger partial charge is 0.408 e. The molecule has 1 aromatic heterocycles. The summed E-state index contributed by atoms with van der Waals surface area (Å²) in [5.74, 6) is -1.22. The zero-order valence-electron chi connectivity index (χ0n) is 10.6. The van der Waals surface area contributed by atoms with Crippen LogP contribution in [0.25, 0.3) is 0 Å². The maximum atomic E-state index is 11.6. The summed E-state index contributed by atoms with van der Waals surface area (Å²) in [5, 5.41) is 15.0. The molecule has 1 amide bonds. The van der Waals surface area contributed by atoms with Crippen LogP contribution in [0.1, 0.15) is 38.1 Å². The summed E-state index contributed by atoms with van der Waals surface area (Å²) < 4.78 is 5.09. The number of carbonyl (C=O) groups excluding carboxylic acids is 2. The van der Waals surface area contributed by atoms with Crippen LogP contribution in [0.4, 0.5) is 4.79 Å². The monoisotopic (exact) mass is 270 g/mol. The van der Waals surface area contributed by atoms with Crippen LogP contribution in [0.2, 0.25) is 0 Å². The fourth-order valence-electron chi connectivity index (χ4n) is 1.33. The number of amides is 1. The molecule has 18 heavy (non-hydrogen) atoms. The van der Waals surface area contributed by atoms with E-state index in [-0.39, 0.29) is 6.42 Å². The second-order valence-electron chi connectivity index (χ2n) is 4.79. The summed E-state index contributed by atoms with van der Waals surface area (Å²) in [6.45, 7) is 5.22. The SMILES string of the molecule is CC(C)(C)OC(=O)N[C@@H](CC(=O)[O-])c1cccs1. The molecule has 0 radical (unpaired) electrons. The standard InChI is InChI=1S/C12H17NO4S/c1-12(2,3)17-11(16)13-8(7-10(14)15)9-5-4-6-18-9/h4-6,8H,7H2,1-3H3,(H,13,16)(H,14,15)/p-1/t8-/m0/s1. The number of aliphatic carboxylic acids is 1. The lowest BCUT2D eigenvalue weighted by Gasteiger charge is -2.23. The highest BCUT2D eigenvalue weighted by Crippen LogP contribution is 2.22. The van der Waals surface area contributed by atoms with Crippen molar-refractivity contribution in [3.05, 3.63) is 22.4 Å². The second kappa shape index (κ2) is 5.86. The predicted molar refractivity (Wildman–Crippen MR) is 66.1 cm³/mol. The van der Waals surface area contributed by atoms with Gasteiger partial charge in [0, 0.05) is 17.3 Å². The van der Waals surface area contributed by atoms with Crippen LogP contribution < -0.4 is 10.4 Å². The second-order valence-corrected chi connectivity index (χ2v) is 5.77. The number of hydrogen-bond donors (Lipinski definition) is 1. The Morgan fingerprint density at radius 2 is 2.17 bits per heavy atom. The van der Waals surface area contributed by atoms with Crippen LogP contribution in [0.15, 0.2) is 17.5 Å². The van der Waals surface area contributed by atoms with E-state index in [0.717, 1.165) is 4.88 Å². The quantitative estimate of drug-likeness (QED) is 0.898. The zero-order valence-corrected chi connectivity index (χ0v) is 11.4. The van der Waals surface area contributed by atoms with E-state index in [9.17, 15) is 14.7 Å². The molecule has 0 aliphatic rings. The lowest BCUT2D eigenvalue weighted by molar-refractivity contribution is -0.306. The van der Waals surface area contributed by atoms with Crippen molar-refractivity contribution in [1.29, 1.82) is 0 Å². The molecule has 1 rings (SSSR count). The lowest BCUT2D eigenvalue weighted by atomic mass is 10.1. The minimum Gasteiger partial charge on any atom is -0.550 e. The van der Waals surface area contributed by atoms with Crippen molar-refractivity contribution in [2.75, 3.05) is 0 Å². The molecule has 1 aromatic rings. The van der Waals surface area contributed by atoms with Crippen LogP contribution in [0.3, 0.4) is 0 Å². The van der Waals surface area contributed by atoms with Gasteiger partial charge in [0.05, 0.1) is 6.04 Å². The largest absolute Gasteiger partial charge is 0.550 e. The molecule has 0 spiro atoms. The van der Waals surface area contributed by atoms with Crippen molar-refractivity contribution in [2.45, 2.75) is 38.8 Å². The Morgan fingerprint density at radius 1 is 1.50 bits per heavy atom. The van der Waals surface area contributed by atoms with Gasteiger partial charge in [-0.25, -0.2) is 4.79 Å². The van der Waals surface area contributed by atoms with Gasteiger partial charge in [-0.2, -0.15) is 0 Å². The predicted octanol–water partition coefficient (Wildman–Crippen LogP) is 1.45. The van der Waals surface area contributed by atoms with E-state index in [0.29, 0.717) is 0 Å². The molecule has 0 fully saturated rings. The molecule has 0 aromatic carbocycles. The third-order valence-electron chi connectivity index (χ3n) is 1.95. The van der Waals surface area contributed by atoms with Gasteiger partial charge in [-0.1, -0.05) is 6.07 Å². The first-order valence-electron chi connectivity index (χ1n) is 5.50. The molecule has 100 valence electrons. The Bertz CT molecular complexity index is 408. The fraction of sp³-hybridized carbons (Fsp3) is 0.500. The summed E-state index contributed by atoms with van der Waals surface area (Å²) in [6, 6.07) is 2.93. The van der Waals surface area contributed by atoms with Crippen molar-refractivity contribution < 1.29 is 19.4 Å². The summed E-state index contributed by atoms with van der Waals surface area (Å²) in [5.41, 5.74) is -0.619. The fourth-order valence-corrected chi connectivity index (χ4v) is 2.11. The molecule has 0 saturated carbocycles. The Balaban J connectivity index is 2.68. The first-order valence-corrected chi connectivity index (χ1v) is 6.38. The van der Waals surface area contributed by atoms with E-state index in [4.69, 9.17) is 4.74 Å². The normalized spacial score (nSPS) is 12.8. The minimum atomic E-state index is -1.22. The number of carbonyl (C=O) groups is 2. The van der Waals surface area contributed by atoms with Gasteiger partial charge in [0.15, 0.2) is 0 Å². The molecule has 0 aliphatic carbocycles. The molecule has 1 N–H and O–H groups in total. The highest BCUT2D eigenvalue weighted by molar-refractivity contribution is 7.10. The number of hydrogen-bond acceptors (Lipinski definition) is 5. The Kier molecular flexibility index (Phi) is 4.72. The number of nitrogens with one attached hydrogen (secondary N) is 1. The molecule has 1 atom stereocenters. The first kappa shape index (κ1) is 14.5. The van der Waals surface area contributed by atoms with Crippen molar-refractivity contribution >= 4 is 23.4 Å². The number of alkyl carbamates (subject to hydrolysis) is 1. The van der Waals surface area contributed by atoms with Gasteiger partial charge >= 0.3 is 6.09 Å². The number of rotatable bonds is 4. The highest BCUT2D eigenvalue weighted by Gasteiger charge is 2.21. The Labute approximate surface area is 110 Å². The van der Waals surface area contributed by atoms with Crippen molar-refractivity contribution in [2.24, 2.45) is 0 Å². The van der Waals surface area contributed by atoms with E-state index in [2.05, 4.69) is 5.32 Å². The highest BCUT2D eigenvalue weighted by atomic mass is 32.1. The van der Waals surface area contributed by atoms with Crippen LogP contribution in [0, 0.1) is 0 Å². The summed E-state index contributed by atoms with van der Waals surface area (Å²) in [6.07, 6.45) is -0.915. The topological polar surface area (TPSA) is 78.5 Å². The van der Waals surface area contributed by atoms with Crippen LogP contribution in [-0.4, -0.2) is 17.7 Å². The minimum absolute atomic E-state index is 0.278. The molecular weight excluding hydrogens is 254 g/mol. The van der Waals surface area contributed by atoms with Crippen molar-refractivity contribution in [1.82, 2.24) is 5.32 Å². The molecule has 6 heteroatoms. The summed E-state index contributed by atoms with van der Waals surface area (Å²) in [7, 11) is 0. The van der Waals surface area contributed by atoms with Crippen molar-refractivity contribution in [3.8, 4) is 0 Å². The van der Waals surface area contributed by atoms with E-state index in [1.165, 1.54) is 11.3 Å². The van der Waals surface area contributed by atoms with Gasteiger partial charge in [-0.15, -0.1) is 11.3 Å². The van der Waals surface area contributed by atoms with Crippen LogP contribution in [0.5, 0.6) is 0 Å². The number of carboxylic acid groups (broad SMARTS) is 1. The molecule has 5 nitrogen and oxygen atoms in total. The summed E-state index contributed by atoms with van der Waals surface area (Å²) in [4.78, 5) is 23.0. The zero-order chi connectivity index (χ0) is 13.8. The van der Waals surface area contributed by atoms with Gasteiger partial charge in [-0.05, 0) is 32.2 Å². The van der Waals surface area contributed by atoms with Gasteiger partial charge < -0.3 is 20.0 Å². The van der Waals surface area contributed by atoms with Gasteiger partial charge in [0.2, 0.25) is 0 Å². The maximum Gasteiger partial charge on any atom is 0.408 e. The van der Waals surface area contributed by atoms with Gasteiger partial charge in [0.1, 0.15) is 5.60 Å². The lowest BCUT2D eigenvalue weighted by Crippen LogP contribution is -2.37. The van der Waals surface area contributed by atoms with Gasteiger partial charge in [0.25, 0.3) is 0 Å². The molecular formula is C12H16NO4S-. The third-order valence-corrected chi connectivity index (χ3v) is 2.93. The molecule has 0 bridgehead atoms. The average Bonchev–Trinajstić information content (AvgIpc) is 2.64. The third kappa shape index (κ3) is 5.18. The van der Waals surface area contributed by atoms with Crippen LogP contribution in [-0.2, 0) is 9.53 Å². The number of carboxylic acids is 1. The number of ether oxygens (including phenoxy) is 1.